The molecule has 0 aliphatic heterocycles. The molecule has 0 bridgehead atoms. The molecule has 7 heteroatoms. The molecule has 17 heavy (non-hydrogen) atoms. The first kappa shape index (κ1) is 13.7. The van der Waals surface area contributed by atoms with Gasteiger partial charge in [0.05, 0.1) is 12.4 Å². The molecular formula is C10H17N5OS. The number of nitrogen functional groups attached to an aromatic ring is 1. The largest absolute Gasteiger partial charge is 0.351 e. The Hall–Kier alpha value is -1.34. The maximum Gasteiger partial charge on any atom is 0.271 e. The molecule has 0 spiro atoms. The van der Waals surface area contributed by atoms with Crippen LogP contribution in [0.15, 0.2) is 12.4 Å². The van der Waals surface area contributed by atoms with Crippen LogP contribution < -0.4 is 16.6 Å². The van der Waals surface area contributed by atoms with Gasteiger partial charge < -0.3 is 10.7 Å². The summed E-state index contributed by atoms with van der Waals surface area (Å²) in [5, 5.41) is 3.32. The second kappa shape index (κ2) is 7.08. The number of thioether (sulfide) groups is 1. The van der Waals surface area contributed by atoms with E-state index in [9.17, 15) is 4.79 Å². The van der Waals surface area contributed by atoms with Crippen molar-refractivity contribution >= 4 is 23.5 Å². The highest BCUT2D eigenvalue weighted by Crippen LogP contribution is 2.08. The fourth-order valence-electron chi connectivity index (χ4n) is 1.14. The molecule has 1 heterocycles. The Morgan fingerprint density at radius 1 is 1.59 bits per heavy atom. The number of nitrogens with zero attached hydrogens (tertiary/aromatic N) is 2. The van der Waals surface area contributed by atoms with Gasteiger partial charge in [0.2, 0.25) is 0 Å². The molecule has 0 radical (unpaired) electrons. The monoisotopic (exact) mass is 255 g/mol. The molecule has 1 atom stereocenters. The predicted octanol–water partition coefficient (Wildman–Crippen LogP) is 0.634. The highest BCUT2D eigenvalue weighted by molar-refractivity contribution is 7.99. The lowest BCUT2D eigenvalue weighted by molar-refractivity contribution is 0.0948. The minimum absolute atomic E-state index is 0.233. The normalized spacial score (nSPS) is 11.9. The molecule has 0 aliphatic rings. The number of nitrogens with one attached hydrogen (secondary N) is 2. The first-order valence-electron chi connectivity index (χ1n) is 5.27. The minimum atomic E-state index is -0.233. The number of hydrogen-bond donors (Lipinski definition) is 3. The smallest absolute Gasteiger partial charge is 0.271 e. The Morgan fingerprint density at radius 3 is 3.00 bits per heavy atom. The number of hydrazine groups is 1. The number of anilines is 1. The zero-order valence-corrected chi connectivity index (χ0v) is 10.8. The van der Waals surface area contributed by atoms with Gasteiger partial charge in [0.1, 0.15) is 5.69 Å². The van der Waals surface area contributed by atoms with Gasteiger partial charge in [0.15, 0.2) is 5.82 Å². The Balaban J connectivity index is 2.46. The number of rotatable bonds is 6. The van der Waals surface area contributed by atoms with E-state index in [0.29, 0.717) is 17.6 Å². The van der Waals surface area contributed by atoms with E-state index in [1.165, 1.54) is 12.4 Å². The van der Waals surface area contributed by atoms with Crippen LogP contribution in [0.5, 0.6) is 0 Å². The van der Waals surface area contributed by atoms with Crippen LogP contribution in [-0.4, -0.2) is 33.9 Å². The van der Waals surface area contributed by atoms with Crippen LogP contribution in [0.2, 0.25) is 0 Å². The molecule has 94 valence electrons. The fourth-order valence-corrected chi connectivity index (χ4v) is 1.50. The zero-order chi connectivity index (χ0) is 12.7. The van der Waals surface area contributed by atoms with Crippen molar-refractivity contribution in [3.8, 4) is 0 Å². The maximum atomic E-state index is 11.7. The summed E-state index contributed by atoms with van der Waals surface area (Å²) < 4.78 is 0. The Morgan fingerprint density at radius 2 is 2.35 bits per heavy atom. The van der Waals surface area contributed by atoms with Crippen molar-refractivity contribution < 1.29 is 4.79 Å². The number of hydrogen-bond acceptors (Lipinski definition) is 6. The summed E-state index contributed by atoms with van der Waals surface area (Å²) in [6, 6.07) is 0. The third-order valence-corrected chi connectivity index (χ3v) is 3.29. The number of amides is 1. The molecule has 0 aromatic carbocycles. The molecule has 0 aliphatic carbocycles. The zero-order valence-electron chi connectivity index (χ0n) is 9.93. The summed E-state index contributed by atoms with van der Waals surface area (Å²) in [7, 11) is 0. The van der Waals surface area contributed by atoms with Crippen LogP contribution >= 0.6 is 11.8 Å². The molecule has 0 saturated heterocycles. The van der Waals surface area contributed by atoms with Crippen molar-refractivity contribution in [1.82, 2.24) is 15.3 Å². The highest BCUT2D eigenvalue weighted by Gasteiger charge is 2.08. The third-order valence-electron chi connectivity index (χ3n) is 2.25. The van der Waals surface area contributed by atoms with Crippen molar-refractivity contribution in [3.05, 3.63) is 18.1 Å². The summed E-state index contributed by atoms with van der Waals surface area (Å²) in [5.41, 5.74) is 2.61. The lowest BCUT2D eigenvalue weighted by atomic mass is 10.3. The average molecular weight is 255 g/mol. The van der Waals surface area contributed by atoms with E-state index in [1.807, 2.05) is 6.26 Å². The van der Waals surface area contributed by atoms with Crippen LogP contribution in [0.1, 0.15) is 23.8 Å². The van der Waals surface area contributed by atoms with Crippen LogP contribution in [0, 0.1) is 0 Å². The third kappa shape index (κ3) is 4.58. The molecule has 4 N–H and O–H groups in total. The summed E-state index contributed by atoms with van der Waals surface area (Å²) >= 11 is 1.77. The lowest BCUT2D eigenvalue weighted by Crippen LogP contribution is -2.27. The van der Waals surface area contributed by atoms with Crippen LogP contribution in [-0.2, 0) is 0 Å². The molecular weight excluding hydrogens is 238 g/mol. The lowest BCUT2D eigenvalue weighted by Gasteiger charge is -2.09. The Bertz CT molecular complexity index is 373. The Labute approximate surface area is 105 Å². The first-order chi connectivity index (χ1) is 8.17. The van der Waals surface area contributed by atoms with Gasteiger partial charge in [-0.3, -0.25) is 9.78 Å². The second-order valence-electron chi connectivity index (χ2n) is 3.52. The van der Waals surface area contributed by atoms with Gasteiger partial charge in [-0.2, -0.15) is 11.8 Å². The SMILES string of the molecule is CSC(C)CCNC(=O)c1cncc(NN)n1. The van der Waals surface area contributed by atoms with Crippen molar-refractivity contribution in [3.63, 3.8) is 0 Å². The number of aromatic nitrogens is 2. The van der Waals surface area contributed by atoms with Gasteiger partial charge in [-0.15, -0.1) is 0 Å². The van der Waals surface area contributed by atoms with Crippen LogP contribution in [0.4, 0.5) is 5.82 Å². The molecule has 0 saturated carbocycles. The van der Waals surface area contributed by atoms with E-state index in [2.05, 4.69) is 27.6 Å². The first-order valence-corrected chi connectivity index (χ1v) is 6.55. The van der Waals surface area contributed by atoms with E-state index < -0.39 is 0 Å². The number of carbonyl (C=O) groups excluding carboxylic acids is 1. The minimum Gasteiger partial charge on any atom is -0.351 e. The number of carbonyl (C=O) groups is 1. The van der Waals surface area contributed by atoms with Crippen molar-refractivity contribution in [2.75, 3.05) is 18.2 Å². The molecule has 1 rings (SSSR count). The second-order valence-corrected chi connectivity index (χ2v) is 4.80. The average Bonchev–Trinajstić information content (AvgIpc) is 2.38. The van der Waals surface area contributed by atoms with Crippen molar-refractivity contribution in [2.24, 2.45) is 5.84 Å². The van der Waals surface area contributed by atoms with Crippen molar-refractivity contribution in [2.45, 2.75) is 18.6 Å². The summed E-state index contributed by atoms with van der Waals surface area (Å²) in [5.74, 6) is 5.33. The van der Waals surface area contributed by atoms with E-state index in [1.54, 1.807) is 11.8 Å². The van der Waals surface area contributed by atoms with Gasteiger partial charge in [0.25, 0.3) is 5.91 Å². The topological polar surface area (TPSA) is 92.9 Å². The molecule has 0 fully saturated rings. The Kier molecular flexibility index (Phi) is 5.71. The van der Waals surface area contributed by atoms with Gasteiger partial charge in [-0.05, 0) is 12.7 Å². The predicted molar refractivity (Wildman–Crippen MR) is 69.8 cm³/mol. The van der Waals surface area contributed by atoms with E-state index in [-0.39, 0.29) is 11.6 Å². The quantitative estimate of drug-likeness (QED) is 0.510. The summed E-state index contributed by atoms with van der Waals surface area (Å²) in [4.78, 5) is 19.6. The molecule has 6 nitrogen and oxygen atoms in total. The standard InChI is InChI=1S/C10H17N5OS/c1-7(17-2)3-4-13-10(16)8-5-12-6-9(14-8)15-11/h5-7H,3-4,11H2,1-2H3,(H,13,16)(H,14,15). The van der Waals surface area contributed by atoms with E-state index in [0.717, 1.165) is 6.42 Å². The molecule has 1 aromatic heterocycles. The van der Waals surface area contributed by atoms with Gasteiger partial charge in [-0.1, -0.05) is 6.92 Å². The summed E-state index contributed by atoms with van der Waals surface area (Å²) in [6.07, 6.45) is 5.84. The van der Waals surface area contributed by atoms with Gasteiger partial charge in [-0.25, -0.2) is 10.8 Å². The molecule has 1 amide bonds. The van der Waals surface area contributed by atoms with E-state index in [4.69, 9.17) is 5.84 Å². The molecule has 1 aromatic rings. The van der Waals surface area contributed by atoms with Crippen LogP contribution in [0.3, 0.4) is 0 Å². The molecule has 1 unspecified atom stereocenters. The maximum absolute atomic E-state index is 11.7. The van der Waals surface area contributed by atoms with Crippen LogP contribution in [0.25, 0.3) is 0 Å². The fraction of sp³-hybridized carbons (Fsp3) is 0.500. The van der Waals surface area contributed by atoms with Gasteiger partial charge >= 0.3 is 0 Å². The highest BCUT2D eigenvalue weighted by atomic mass is 32.2. The van der Waals surface area contributed by atoms with E-state index >= 15 is 0 Å². The summed E-state index contributed by atoms with van der Waals surface area (Å²) in [6.45, 7) is 2.75. The number of nitrogens with two attached hydrogens (primary N) is 1. The van der Waals surface area contributed by atoms with Gasteiger partial charge in [0, 0.05) is 11.8 Å². The van der Waals surface area contributed by atoms with Crippen molar-refractivity contribution in [1.29, 1.82) is 0 Å².